The normalized spacial score (nSPS) is 9.97. The average molecular weight is 439 g/mol. The fraction of sp³-hybridized carbons (Fsp3) is 0.286. The maximum absolute atomic E-state index is 11.6. The molecule has 2 rings (SSSR count). The van der Waals surface area contributed by atoms with E-state index >= 15 is 0 Å². The summed E-state index contributed by atoms with van der Waals surface area (Å²) in [6, 6.07) is 12.5. The Morgan fingerprint density at radius 3 is 2.31 bits per heavy atom. The van der Waals surface area contributed by atoms with Crippen LogP contribution in [0.15, 0.2) is 47.6 Å². The van der Waals surface area contributed by atoms with Crippen molar-refractivity contribution in [1.82, 2.24) is 0 Å². The van der Waals surface area contributed by atoms with Crippen molar-refractivity contribution in [2.24, 2.45) is 5.16 Å². The molecule has 6 nitrogen and oxygen atoms in total. The standard InChI is InChI=1S/C12H15NO4.C7H6ClN.C2H6S/c1-8-5-4-6-9(10(8)7-14)11(13-17-3)12(15)16-2;8-7-3-1-2-6(4-7)5-9;1-3-2/h4-6,14H,7H2,1-3H3;1-5,9H;1-2H3/b13-11+;;. The molecule has 2 N–H and O–H groups in total. The number of oxime groups is 1. The van der Waals surface area contributed by atoms with E-state index in [0.29, 0.717) is 16.1 Å². The van der Waals surface area contributed by atoms with Crippen molar-refractivity contribution in [3.8, 4) is 0 Å². The van der Waals surface area contributed by atoms with Gasteiger partial charge in [-0.3, -0.25) is 0 Å². The summed E-state index contributed by atoms with van der Waals surface area (Å²) in [5.74, 6) is -0.604. The molecular formula is C21H27ClN2O4S. The molecule has 0 aliphatic carbocycles. The number of aliphatic hydroxyl groups is 1. The lowest BCUT2D eigenvalue weighted by Gasteiger charge is -2.10. The predicted molar refractivity (Wildman–Crippen MR) is 121 cm³/mol. The van der Waals surface area contributed by atoms with E-state index in [1.54, 1.807) is 36.0 Å². The van der Waals surface area contributed by atoms with Gasteiger partial charge < -0.3 is 20.1 Å². The Balaban J connectivity index is 0.000000544. The van der Waals surface area contributed by atoms with Crippen LogP contribution in [0.4, 0.5) is 0 Å². The summed E-state index contributed by atoms with van der Waals surface area (Å²) >= 11 is 7.37. The smallest absolute Gasteiger partial charge is 0.360 e. The van der Waals surface area contributed by atoms with Gasteiger partial charge in [0.15, 0.2) is 5.71 Å². The molecular weight excluding hydrogens is 412 g/mol. The van der Waals surface area contributed by atoms with Crippen molar-refractivity contribution in [3.05, 3.63) is 69.7 Å². The Hall–Kier alpha value is -2.35. The van der Waals surface area contributed by atoms with Crippen molar-refractivity contribution in [2.75, 3.05) is 26.7 Å². The number of rotatable bonds is 5. The minimum absolute atomic E-state index is 0.0442. The Bertz CT molecular complexity index is 813. The van der Waals surface area contributed by atoms with Crippen LogP contribution in [0.2, 0.25) is 5.02 Å². The second kappa shape index (κ2) is 15.6. The summed E-state index contributed by atoms with van der Waals surface area (Å²) in [4.78, 5) is 16.2. The number of carbonyl (C=O) groups excluding carboxylic acids is 1. The number of aryl methyl sites for hydroxylation is 1. The minimum Gasteiger partial charge on any atom is -0.464 e. The largest absolute Gasteiger partial charge is 0.464 e. The first-order valence-electron chi connectivity index (χ1n) is 8.45. The number of carbonyl (C=O) groups is 1. The van der Waals surface area contributed by atoms with Gasteiger partial charge in [0.2, 0.25) is 0 Å². The Morgan fingerprint density at radius 1 is 1.24 bits per heavy atom. The number of benzene rings is 2. The van der Waals surface area contributed by atoms with Crippen LogP contribution in [0, 0.1) is 12.3 Å². The van der Waals surface area contributed by atoms with E-state index in [0.717, 1.165) is 11.1 Å². The van der Waals surface area contributed by atoms with E-state index in [4.69, 9.17) is 17.0 Å². The van der Waals surface area contributed by atoms with Crippen molar-refractivity contribution in [3.63, 3.8) is 0 Å². The molecule has 0 radical (unpaired) electrons. The van der Waals surface area contributed by atoms with Gasteiger partial charge in [0.05, 0.1) is 13.7 Å². The number of esters is 1. The number of halogens is 1. The summed E-state index contributed by atoms with van der Waals surface area (Å²) in [6.07, 6.45) is 5.35. The molecule has 158 valence electrons. The van der Waals surface area contributed by atoms with E-state index in [9.17, 15) is 9.90 Å². The highest BCUT2D eigenvalue weighted by Gasteiger charge is 2.19. The molecule has 2 aromatic carbocycles. The number of methoxy groups -OCH3 is 1. The summed E-state index contributed by atoms with van der Waals surface area (Å²) in [5.41, 5.74) is 2.90. The number of nitrogens with zero attached hydrogens (tertiary/aromatic N) is 1. The zero-order valence-electron chi connectivity index (χ0n) is 17.2. The maximum Gasteiger partial charge on any atom is 0.360 e. The highest BCUT2D eigenvalue weighted by atomic mass is 35.5. The van der Waals surface area contributed by atoms with Gasteiger partial charge in [0, 0.05) is 16.8 Å². The lowest BCUT2D eigenvalue weighted by molar-refractivity contribution is -0.132. The summed E-state index contributed by atoms with van der Waals surface area (Å²) in [5, 5.41) is 20.5. The first kappa shape index (κ1) is 26.6. The molecule has 0 amide bonds. The molecule has 0 atom stereocenters. The lowest BCUT2D eigenvalue weighted by atomic mass is 9.99. The van der Waals surface area contributed by atoms with Gasteiger partial charge in [-0.1, -0.05) is 47.1 Å². The molecule has 0 aromatic heterocycles. The molecule has 0 spiro atoms. The average Bonchev–Trinajstić information content (AvgIpc) is 2.72. The number of hydrogen-bond acceptors (Lipinski definition) is 7. The van der Waals surface area contributed by atoms with Crippen LogP contribution in [0.3, 0.4) is 0 Å². The second-order valence-corrected chi connectivity index (χ2v) is 6.73. The summed E-state index contributed by atoms with van der Waals surface area (Å²) in [7, 11) is 2.61. The van der Waals surface area contributed by atoms with Crippen LogP contribution >= 0.6 is 23.4 Å². The highest BCUT2D eigenvalue weighted by Crippen LogP contribution is 2.16. The molecule has 0 heterocycles. The predicted octanol–water partition coefficient (Wildman–Crippen LogP) is 4.33. The van der Waals surface area contributed by atoms with Crippen LogP contribution in [0.5, 0.6) is 0 Å². The fourth-order valence-corrected chi connectivity index (χ4v) is 2.31. The molecule has 0 fully saturated rings. The van der Waals surface area contributed by atoms with Gasteiger partial charge in [0.25, 0.3) is 0 Å². The maximum atomic E-state index is 11.6. The highest BCUT2D eigenvalue weighted by molar-refractivity contribution is 7.97. The van der Waals surface area contributed by atoms with Crippen LogP contribution in [-0.4, -0.2) is 49.7 Å². The molecule has 0 aliphatic rings. The zero-order valence-corrected chi connectivity index (χ0v) is 18.8. The number of ether oxygens (including phenoxy) is 1. The monoisotopic (exact) mass is 438 g/mol. The molecule has 29 heavy (non-hydrogen) atoms. The van der Waals surface area contributed by atoms with Gasteiger partial charge in [-0.25, -0.2) is 4.79 Å². The molecule has 0 bridgehead atoms. The van der Waals surface area contributed by atoms with Crippen molar-refractivity contribution < 1.29 is 19.5 Å². The number of thioether (sulfide) groups is 1. The third kappa shape index (κ3) is 9.60. The molecule has 0 saturated heterocycles. The number of nitrogens with one attached hydrogen (secondary N) is 1. The van der Waals surface area contributed by atoms with Crippen molar-refractivity contribution in [2.45, 2.75) is 13.5 Å². The minimum atomic E-state index is -0.604. The Kier molecular flexibility index (Phi) is 14.3. The first-order valence-corrected chi connectivity index (χ1v) is 10.5. The van der Waals surface area contributed by atoms with E-state index in [1.807, 2.05) is 37.6 Å². The van der Waals surface area contributed by atoms with Gasteiger partial charge in [-0.2, -0.15) is 11.8 Å². The third-order valence-corrected chi connectivity index (χ3v) is 3.64. The Morgan fingerprint density at radius 2 is 1.86 bits per heavy atom. The molecule has 0 unspecified atom stereocenters. The zero-order chi connectivity index (χ0) is 22.2. The number of aliphatic hydroxyl groups excluding tert-OH is 1. The summed E-state index contributed by atoms with van der Waals surface area (Å²) < 4.78 is 4.63. The van der Waals surface area contributed by atoms with Gasteiger partial charge in [-0.05, 0) is 48.3 Å². The quantitative estimate of drug-likeness (QED) is 0.412. The summed E-state index contributed by atoms with van der Waals surface area (Å²) in [6.45, 7) is 1.67. The number of hydrogen-bond donors (Lipinski definition) is 2. The van der Waals surface area contributed by atoms with E-state index in [-0.39, 0.29) is 12.3 Å². The van der Waals surface area contributed by atoms with Gasteiger partial charge in [0.1, 0.15) is 7.11 Å². The van der Waals surface area contributed by atoms with E-state index in [1.165, 1.54) is 20.4 Å². The van der Waals surface area contributed by atoms with Crippen LogP contribution in [0.25, 0.3) is 0 Å². The first-order chi connectivity index (χ1) is 13.9. The molecule has 2 aromatic rings. The van der Waals surface area contributed by atoms with E-state index < -0.39 is 5.97 Å². The topological polar surface area (TPSA) is 92.0 Å². The Labute approximate surface area is 181 Å². The SMILES string of the molecule is CO/N=C(/C(=O)OC)c1cccc(C)c1CO.CSC.N=Cc1cccc(Cl)c1. The van der Waals surface area contributed by atoms with Crippen molar-refractivity contribution in [1.29, 1.82) is 5.41 Å². The van der Waals surface area contributed by atoms with Gasteiger partial charge in [-0.15, -0.1) is 0 Å². The second-order valence-electron chi connectivity index (χ2n) is 5.48. The van der Waals surface area contributed by atoms with Gasteiger partial charge >= 0.3 is 5.97 Å². The van der Waals surface area contributed by atoms with Crippen LogP contribution < -0.4 is 0 Å². The van der Waals surface area contributed by atoms with Crippen molar-refractivity contribution >= 4 is 41.3 Å². The molecule has 0 saturated carbocycles. The molecule has 0 aliphatic heterocycles. The fourth-order valence-electron chi connectivity index (χ4n) is 2.11. The molecule has 8 heteroatoms. The third-order valence-electron chi connectivity index (χ3n) is 3.40. The lowest BCUT2D eigenvalue weighted by Crippen LogP contribution is -2.19. The van der Waals surface area contributed by atoms with E-state index in [2.05, 4.69) is 14.7 Å². The van der Waals surface area contributed by atoms with Crippen LogP contribution in [-0.2, 0) is 21.0 Å². The van der Waals surface area contributed by atoms with Crippen LogP contribution in [0.1, 0.15) is 22.3 Å².